The maximum atomic E-state index is 4.52. The van der Waals surface area contributed by atoms with E-state index in [0.717, 1.165) is 6.54 Å². The van der Waals surface area contributed by atoms with Crippen LogP contribution in [0.5, 0.6) is 0 Å². The van der Waals surface area contributed by atoms with Crippen LogP contribution in [0.4, 0.5) is 0 Å². The number of hydrogen-bond donors (Lipinski definition) is 0. The first-order valence-electron chi connectivity index (χ1n) is 5.03. The third-order valence-corrected chi connectivity index (χ3v) is 5.48. The van der Waals surface area contributed by atoms with E-state index in [2.05, 4.69) is 34.1 Å². The molecule has 0 spiro atoms. The summed E-state index contributed by atoms with van der Waals surface area (Å²) in [5.74, 6) is 0. The second kappa shape index (κ2) is 4.16. The quantitative estimate of drug-likeness (QED) is 0.538. The first-order chi connectivity index (χ1) is 7.45. The Morgan fingerprint density at radius 3 is 3.07 bits per heavy atom. The zero-order valence-corrected chi connectivity index (χ0v) is 11.0. The molecule has 3 aliphatic rings. The Kier molecular flexibility index (Phi) is 2.69. The number of nitrogens with zero attached hydrogens (tertiary/aromatic N) is 1. The Bertz CT molecular complexity index is 478. The molecular formula is C12H10AsNP. The number of rotatable bonds is 2. The molecule has 0 aromatic rings. The van der Waals surface area contributed by atoms with Crippen LogP contribution >= 0.6 is 8.20 Å². The fraction of sp³-hybridized carbons (Fsp3) is 0.250. The third-order valence-electron chi connectivity index (χ3n) is 2.58. The van der Waals surface area contributed by atoms with Gasteiger partial charge in [-0.3, -0.25) is 0 Å². The predicted octanol–water partition coefficient (Wildman–Crippen LogP) is 1.80. The van der Waals surface area contributed by atoms with Gasteiger partial charge in [0.25, 0.3) is 0 Å². The van der Waals surface area contributed by atoms with Crippen LogP contribution in [0.25, 0.3) is 0 Å². The van der Waals surface area contributed by atoms with Crippen LogP contribution in [0.15, 0.2) is 40.4 Å². The van der Waals surface area contributed by atoms with Crippen molar-refractivity contribution in [2.45, 2.75) is 5.21 Å². The summed E-state index contributed by atoms with van der Waals surface area (Å²) in [7, 11) is 1.44. The van der Waals surface area contributed by atoms with Crippen LogP contribution in [0.2, 0.25) is 5.21 Å². The normalized spacial score (nSPS) is 25.1. The molecule has 0 saturated carbocycles. The van der Waals surface area contributed by atoms with Crippen molar-refractivity contribution in [1.82, 2.24) is 0 Å². The summed E-state index contributed by atoms with van der Waals surface area (Å²) in [6.45, 7) is 0.867. The summed E-state index contributed by atoms with van der Waals surface area (Å²) in [6.07, 6.45) is 9.99. The van der Waals surface area contributed by atoms with E-state index in [1.165, 1.54) is 41.7 Å². The molecule has 0 fully saturated rings. The Morgan fingerprint density at radius 1 is 1.33 bits per heavy atom. The Labute approximate surface area is 97.7 Å². The van der Waals surface area contributed by atoms with E-state index in [-0.39, 0.29) is 15.3 Å². The van der Waals surface area contributed by atoms with E-state index in [4.69, 9.17) is 0 Å². The van der Waals surface area contributed by atoms with Gasteiger partial charge in [-0.05, 0) is 0 Å². The van der Waals surface area contributed by atoms with Crippen molar-refractivity contribution in [2.75, 3.05) is 12.7 Å². The van der Waals surface area contributed by atoms with Gasteiger partial charge in [0.1, 0.15) is 0 Å². The minimum absolute atomic E-state index is 0.266. The topological polar surface area (TPSA) is 12.4 Å². The second-order valence-corrected chi connectivity index (χ2v) is 6.50. The van der Waals surface area contributed by atoms with E-state index in [0.29, 0.717) is 0 Å². The fourth-order valence-electron chi connectivity index (χ4n) is 1.86. The average molecular weight is 274 g/mol. The van der Waals surface area contributed by atoms with Crippen molar-refractivity contribution in [3.8, 4) is 0 Å². The zero-order chi connectivity index (χ0) is 10.1. The van der Waals surface area contributed by atoms with Crippen LogP contribution in [-0.4, -0.2) is 43.8 Å². The molecule has 0 aliphatic carbocycles. The molecule has 0 aromatic heterocycles. The van der Waals surface area contributed by atoms with Gasteiger partial charge >= 0.3 is 97.7 Å². The molecule has 1 nitrogen and oxygen atoms in total. The second-order valence-electron chi connectivity index (χ2n) is 3.54. The molecule has 3 heteroatoms. The molecule has 0 aromatic carbocycles. The molecule has 1 radical (unpaired) electrons. The summed E-state index contributed by atoms with van der Waals surface area (Å²) < 4.78 is 0. The zero-order valence-electron chi connectivity index (χ0n) is 8.27. The Hall–Kier alpha value is -0.512. The van der Waals surface area contributed by atoms with Gasteiger partial charge < -0.3 is 0 Å². The molecule has 73 valence electrons. The van der Waals surface area contributed by atoms with E-state index < -0.39 is 0 Å². The van der Waals surface area contributed by atoms with Crippen molar-refractivity contribution in [3.63, 3.8) is 0 Å². The van der Waals surface area contributed by atoms with Crippen molar-refractivity contribution in [2.24, 2.45) is 4.99 Å². The molecule has 3 heterocycles. The third kappa shape index (κ3) is 1.80. The standard InChI is InChI=1S/C12H10AsNP/c1-3-11(14-5-1)9-7-13-8-10(9)12-4-2-6-15-12/h1-4H,5-7H2. The summed E-state index contributed by atoms with van der Waals surface area (Å²) in [5, 5.41) is 2.67. The van der Waals surface area contributed by atoms with E-state index in [1.54, 1.807) is 0 Å². The summed E-state index contributed by atoms with van der Waals surface area (Å²) in [5.41, 5.74) is 4.06. The van der Waals surface area contributed by atoms with Gasteiger partial charge in [0.15, 0.2) is 0 Å². The number of hydrogen-bond acceptors (Lipinski definition) is 1. The van der Waals surface area contributed by atoms with Crippen molar-refractivity contribution in [3.05, 3.63) is 35.5 Å². The Balaban J connectivity index is 2.02. The van der Waals surface area contributed by atoms with Crippen molar-refractivity contribution < 1.29 is 0 Å². The monoisotopic (exact) mass is 274 g/mol. The predicted molar refractivity (Wildman–Crippen MR) is 70.0 cm³/mol. The molecule has 15 heavy (non-hydrogen) atoms. The van der Waals surface area contributed by atoms with Crippen LogP contribution in [0.3, 0.4) is 0 Å². The fourth-order valence-corrected chi connectivity index (χ4v) is 5.06. The molecule has 3 rings (SSSR count). The van der Waals surface area contributed by atoms with E-state index in [1.807, 2.05) is 0 Å². The molecule has 0 unspecified atom stereocenters. The van der Waals surface area contributed by atoms with Crippen LogP contribution in [0, 0.1) is 0 Å². The van der Waals surface area contributed by atoms with Crippen LogP contribution in [0.1, 0.15) is 0 Å². The van der Waals surface area contributed by atoms with Gasteiger partial charge in [0, 0.05) is 0 Å². The summed E-state index contributed by atoms with van der Waals surface area (Å²) >= 11 is 0.266. The molecule has 3 aliphatic heterocycles. The van der Waals surface area contributed by atoms with Gasteiger partial charge in [-0.25, -0.2) is 0 Å². The van der Waals surface area contributed by atoms with E-state index in [9.17, 15) is 0 Å². The molecule has 0 saturated heterocycles. The Morgan fingerprint density at radius 2 is 2.33 bits per heavy atom. The van der Waals surface area contributed by atoms with Gasteiger partial charge in [0.05, 0.1) is 0 Å². The molecule has 0 N–H and O–H groups in total. The number of aliphatic imine (C=N–C) groups is 1. The van der Waals surface area contributed by atoms with Gasteiger partial charge in [0.2, 0.25) is 0 Å². The molecule has 0 atom stereocenters. The van der Waals surface area contributed by atoms with Crippen molar-refractivity contribution >= 4 is 39.3 Å². The van der Waals surface area contributed by atoms with Crippen LogP contribution < -0.4 is 0 Å². The first kappa shape index (κ1) is 9.70. The SMILES string of the molecule is [C]1=[As]CC(C2=NCC=C2)=C1C1=PCC=C1. The molecular weight excluding hydrogens is 264 g/mol. The minimum atomic E-state index is 0.266. The van der Waals surface area contributed by atoms with Gasteiger partial charge in [-0.1, -0.05) is 0 Å². The summed E-state index contributed by atoms with van der Waals surface area (Å²) in [4.78, 5) is 8.11. The first-order valence-corrected chi connectivity index (χ1v) is 8.38. The molecule has 0 amide bonds. The maximum absolute atomic E-state index is 4.52. The van der Waals surface area contributed by atoms with Crippen LogP contribution in [-0.2, 0) is 0 Å². The molecule has 0 bridgehead atoms. The van der Waals surface area contributed by atoms with Gasteiger partial charge in [-0.15, -0.1) is 0 Å². The van der Waals surface area contributed by atoms with Crippen molar-refractivity contribution in [1.29, 1.82) is 0 Å². The number of allylic oxidation sites excluding steroid dienone is 5. The van der Waals surface area contributed by atoms with Gasteiger partial charge in [-0.2, -0.15) is 0 Å². The van der Waals surface area contributed by atoms with E-state index >= 15 is 0 Å². The summed E-state index contributed by atoms with van der Waals surface area (Å²) in [6, 6.07) is 0. The average Bonchev–Trinajstić information content (AvgIpc) is 3.01.